The Morgan fingerprint density at radius 1 is 1.23 bits per heavy atom. The lowest BCUT2D eigenvalue weighted by molar-refractivity contribution is 0.101. The number of para-hydroxylation sites is 1. The van der Waals surface area contributed by atoms with Gasteiger partial charge in [0.25, 0.3) is 5.91 Å². The molecule has 3 aromatic rings. The third-order valence-electron chi connectivity index (χ3n) is 3.57. The molecule has 2 heterocycles. The van der Waals surface area contributed by atoms with E-state index in [4.69, 9.17) is 27.9 Å². The van der Waals surface area contributed by atoms with Gasteiger partial charge in [-0.3, -0.25) is 4.79 Å². The van der Waals surface area contributed by atoms with Gasteiger partial charge in [-0.05, 0) is 24.3 Å². The molecule has 0 fully saturated rings. The minimum atomic E-state index is -0.515. The van der Waals surface area contributed by atoms with Crippen molar-refractivity contribution in [1.29, 1.82) is 0 Å². The van der Waals surface area contributed by atoms with Crippen molar-refractivity contribution in [1.82, 2.24) is 19.7 Å². The number of carbonyl (C=O) groups is 1. The van der Waals surface area contributed by atoms with Gasteiger partial charge in [0.05, 0.1) is 17.2 Å². The standard InChI is InChI=1S/C17H15Cl2N5O2/c1-3-13-21-16(17(25)22-15-12(26-2)8-5-9-20-15)23-24(13)14-10(18)6-4-7-11(14)19/h4-9H,3H2,1-2H3,(H,20,22,25). The van der Waals surface area contributed by atoms with E-state index in [-0.39, 0.29) is 11.6 Å². The normalized spacial score (nSPS) is 10.6. The number of ether oxygens (including phenoxy) is 1. The van der Waals surface area contributed by atoms with Crippen LogP contribution in [0.5, 0.6) is 5.75 Å². The Morgan fingerprint density at radius 3 is 2.62 bits per heavy atom. The minimum Gasteiger partial charge on any atom is -0.493 e. The topological polar surface area (TPSA) is 81.9 Å². The van der Waals surface area contributed by atoms with Crippen LogP contribution in [0, 0.1) is 0 Å². The minimum absolute atomic E-state index is 0.0226. The molecular weight excluding hydrogens is 377 g/mol. The summed E-state index contributed by atoms with van der Waals surface area (Å²) in [6.45, 7) is 1.90. The maximum absolute atomic E-state index is 12.6. The molecule has 1 N–H and O–H groups in total. The van der Waals surface area contributed by atoms with Crippen LogP contribution in [-0.2, 0) is 6.42 Å². The summed E-state index contributed by atoms with van der Waals surface area (Å²) in [7, 11) is 1.49. The van der Waals surface area contributed by atoms with Gasteiger partial charge in [-0.25, -0.2) is 14.6 Å². The number of rotatable bonds is 5. The number of nitrogens with one attached hydrogen (secondary N) is 1. The van der Waals surface area contributed by atoms with Crippen LogP contribution in [0.15, 0.2) is 36.5 Å². The number of benzene rings is 1. The third-order valence-corrected chi connectivity index (χ3v) is 4.18. The van der Waals surface area contributed by atoms with Crippen LogP contribution < -0.4 is 10.1 Å². The van der Waals surface area contributed by atoms with Crippen molar-refractivity contribution in [2.45, 2.75) is 13.3 Å². The van der Waals surface area contributed by atoms with Gasteiger partial charge < -0.3 is 10.1 Å². The van der Waals surface area contributed by atoms with E-state index < -0.39 is 5.91 Å². The SMILES string of the molecule is CCc1nc(C(=O)Nc2ncccc2OC)nn1-c1c(Cl)cccc1Cl. The Labute approximate surface area is 159 Å². The van der Waals surface area contributed by atoms with Crippen molar-refractivity contribution in [3.8, 4) is 11.4 Å². The van der Waals surface area contributed by atoms with Gasteiger partial charge in [0.2, 0.25) is 5.82 Å². The van der Waals surface area contributed by atoms with E-state index in [2.05, 4.69) is 20.4 Å². The number of aryl methyl sites for hydroxylation is 1. The highest BCUT2D eigenvalue weighted by Gasteiger charge is 2.20. The summed E-state index contributed by atoms with van der Waals surface area (Å²) in [5.74, 6) is 0.734. The van der Waals surface area contributed by atoms with Crippen molar-refractivity contribution in [2.75, 3.05) is 12.4 Å². The maximum Gasteiger partial charge on any atom is 0.296 e. The molecule has 0 saturated carbocycles. The van der Waals surface area contributed by atoms with Crippen LogP contribution in [0.1, 0.15) is 23.4 Å². The first-order valence-corrected chi connectivity index (χ1v) is 8.51. The number of aromatic nitrogens is 4. The molecule has 1 amide bonds. The summed E-state index contributed by atoms with van der Waals surface area (Å²) in [6.07, 6.45) is 2.08. The van der Waals surface area contributed by atoms with Gasteiger partial charge >= 0.3 is 0 Å². The molecule has 0 aliphatic carbocycles. The summed E-state index contributed by atoms with van der Waals surface area (Å²) in [5.41, 5.74) is 0.481. The number of amides is 1. The first-order valence-electron chi connectivity index (χ1n) is 7.75. The number of halogens is 2. The molecule has 134 valence electrons. The average Bonchev–Trinajstić information content (AvgIpc) is 3.06. The fraction of sp³-hybridized carbons (Fsp3) is 0.176. The highest BCUT2D eigenvalue weighted by Crippen LogP contribution is 2.29. The van der Waals surface area contributed by atoms with Gasteiger partial charge in [0, 0.05) is 12.6 Å². The van der Waals surface area contributed by atoms with Crippen LogP contribution >= 0.6 is 23.2 Å². The molecule has 3 rings (SSSR count). The molecule has 0 radical (unpaired) electrons. The highest BCUT2D eigenvalue weighted by molar-refractivity contribution is 6.37. The number of nitrogens with zero attached hydrogens (tertiary/aromatic N) is 4. The predicted octanol–water partition coefficient (Wildman–Crippen LogP) is 3.79. The van der Waals surface area contributed by atoms with Gasteiger partial charge in [-0.15, -0.1) is 5.10 Å². The molecule has 2 aromatic heterocycles. The van der Waals surface area contributed by atoms with E-state index in [1.807, 2.05) is 6.92 Å². The maximum atomic E-state index is 12.6. The van der Waals surface area contributed by atoms with Crippen LogP contribution in [-0.4, -0.2) is 32.8 Å². The molecule has 0 aliphatic heterocycles. The molecule has 0 aliphatic rings. The van der Waals surface area contributed by atoms with E-state index >= 15 is 0 Å². The van der Waals surface area contributed by atoms with Gasteiger partial charge in [0.15, 0.2) is 11.6 Å². The van der Waals surface area contributed by atoms with Crippen LogP contribution in [0.4, 0.5) is 5.82 Å². The lowest BCUT2D eigenvalue weighted by atomic mass is 10.3. The van der Waals surface area contributed by atoms with Gasteiger partial charge in [0.1, 0.15) is 11.5 Å². The van der Waals surface area contributed by atoms with Crippen LogP contribution in [0.2, 0.25) is 10.0 Å². The van der Waals surface area contributed by atoms with Crippen molar-refractivity contribution in [2.24, 2.45) is 0 Å². The third kappa shape index (κ3) is 3.49. The fourth-order valence-corrected chi connectivity index (χ4v) is 2.91. The first-order chi connectivity index (χ1) is 12.5. The Balaban J connectivity index is 1.97. The molecule has 0 bridgehead atoms. The van der Waals surface area contributed by atoms with Crippen molar-refractivity contribution >= 4 is 34.9 Å². The average molecular weight is 392 g/mol. The molecule has 26 heavy (non-hydrogen) atoms. The molecule has 0 atom stereocenters. The highest BCUT2D eigenvalue weighted by atomic mass is 35.5. The van der Waals surface area contributed by atoms with E-state index in [9.17, 15) is 4.79 Å². The smallest absolute Gasteiger partial charge is 0.296 e. The second-order valence-electron chi connectivity index (χ2n) is 5.20. The van der Waals surface area contributed by atoms with Crippen molar-refractivity contribution in [3.05, 3.63) is 58.2 Å². The lowest BCUT2D eigenvalue weighted by Crippen LogP contribution is -2.16. The van der Waals surface area contributed by atoms with Gasteiger partial charge in [-0.2, -0.15) is 0 Å². The second kappa shape index (κ2) is 7.72. The van der Waals surface area contributed by atoms with Crippen LogP contribution in [0.3, 0.4) is 0 Å². The number of hydrogen-bond acceptors (Lipinski definition) is 5. The number of hydrogen-bond donors (Lipinski definition) is 1. The summed E-state index contributed by atoms with van der Waals surface area (Å²) in [5, 5.41) is 7.75. The van der Waals surface area contributed by atoms with Crippen molar-refractivity contribution in [3.63, 3.8) is 0 Å². The molecule has 0 saturated heterocycles. The molecule has 1 aromatic carbocycles. The predicted molar refractivity (Wildman–Crippen MR) is 99.5 cm³/mol. The monoisotopic (exact) mass is 391 g/mol. The summed E-state index contributed by atoms with van der Waals surface area (Å²) < 4.78 is 6.66. The van der Waals surface area contributed by atoms with Gasteiger partial charge in [-0.1, -0.05) is 36.2 Å². The fourth-order valence-electron chi connectivity index (χ4n) is 2.35. The second-order valence-corrected chi connectivity index (χ2v) is 6.01. The summed E-state index contributed by atoms with van der Waals surface area (Å²) in [6, 6.07) is 8.52. The molecule has 9 heteroatoms. The number of carbonyl (C=O) groups excluding carboxylic acids is 1. The zero-order valence-electron chi connectivity index (χ0n) is 14.0. The van der Waals surface area contributed by atoms with E-state index in [0.29, 0.717) is 33.7 Å². The molecule has 0 spiro atoms. The lowest BCUT2D eigenvalue weighted by Gasteiger charge is -2.08. The molecular formula is C17H15Cl2N5O2. The molecule has 0 unspecified atom stereocenters. The quantitative estimate of drug-likeness (QED) is 0.715. The zero-order valence-corrected chi connectivity index (χ0v) is 15.5. The summed E-state index contributed by atoms with van der Waals surface area (Å²) in [4.78, 5) is 20.9. The largest absolute Gasteiger partial charge is 0.493 e. The number of pyridine rings is 1. The summed E-state index contributed by atoms with van der Waals surface area (Å²) >= 11 is 12.5. The molecule has 7 nitrogen and oxygen atoms in total. The Morgan fingerprint density at radius 2 is 1.96 bits per heavy atom. The first kappa shape index (κ1) is 18.2. The van der Waals surface area contributed by atoms with Crippen molar-refractivity contribution < 1.29 is 9.53 Å². The van der Waals surface area contributed by atoms with Crippen LogP contribution in [0.25, 0.3) is 5.69 Å². The Kier molecular flexibility index (Phi) is 5.39. The number of methoxy groups -OCH3 is 1. The zero-order chi connectivity index (χ0) is 18.7. The van der Waals surface area contributed by atoms with E-state index in [1.54, 1.807) is 36.5 Å². The van der Waals surface area contributed by atoms with E-state index in [0.717, 1.165) is 0 Å². The number of anilines is 1. The Bertz CT molecular complexity index is 938. The van der Waals surface area contributed by atoms with E-state index in [1.165, 1.54) is 11.8 Å². The Hall–Kier alpha value is -2.64.